The fourth-order valence-corrected chi connectivity index (χ4v) is 2.03. The van der Waals surface area contributed by atoms with Crippen LogP contribution in [0.25, 0.3) is 0 Å². The third kappa shape index (κ3) is 3.40. The number of ether oxygens (including phenoxy) is 3. The SMILES string of the molecule is COCCN(CCN)C(=O)c1ccc2c(c1)OCCO2. The Hall–Kier alpha value is -1.79. The van der Waals surface area contributed by atoms with E-state index in [4.69, 9.17) is 19.9 Å². The van der Waals surface area contributed by atoms with E-state index >= 15 is 0 Å². The molecule has 2 N–H and O–H groups in total. The predicted molar refractivity (Wildman–Crippen MR) is 74.3 cm³/mol. The van der Waals surface area contributed by atoms with Crippen LogP contribution in [0, 0.1) is 0 Å². The van der Waals surface area contributed by atoms with E-state index in [-0.39, 0.29) is 5.91 Å². The van der Waals surface area contributed by atoms with Gasteiger partial charge < -0.3 is 24.8 Å². The number of carbonyl (C=O) groups is 1. The molecule has 0 radical (unpaired) electrons. The molecule has 1 aromatic carbocycles. The Kier molecular flexibility index (Phi) is 5.20. The summed E-state index contributed by atoms with van der Waals surface area (Å²) >= 11 is 0. The minimum absolute atomic E-state index is 0.0792. The van der Waals surface area contributed by atoms with Gasteiger partial charge in [0.05, 0.1) is 6.61 Å². The summed E-state index contributed by atoms with van der Waals surface area (Å²) in [5.74, 6) is 1.21. The number of nitrogens with two attached hydrogens (primary N) is 1. The maximum atomic E-state index is 12.4. The van der Waals surface area contributed by atoms with Gasteiger partial charge in [-0.15, -0.1) is 0 Å². The van der Waals surface area contributed by atoms with Crippen LogP contribution in [-0.2, 0) is 4.74 Å². The van der Waals surface area contributed by atoms with Crippen molar-refractivity contribution >= 4 is 5.91 Å². The summed E-state index contributed by atoms with van der Waals surface area (Å²) in [6.07, 6.45) is 0. The Bertz CT molecular complexity index is 464. The Morgan fingerprint density at radius 1 is 1.30 bits per heavy atom. The van der Waals surface area contributed by atoms with Crippen molar-refractivity contribution < 1.29 is 19.0 Å². The Labute approximate surface area is 118 Å². The second kappa shape index (κ2) is 7.12. The molecule has 0 aromatic heterocycles. The maximum absolute atomic E-state index is 12.4. The molecule has 1 aliphatic rings. The van der Waals surface area contributed by atoms with Crippen molar-refractivity contribution in [2.24, 2.45) is 5.73 Å². The van der Waals surface area contributed by atoms with Crippen molar-refractivity contribution in [1.29, 1.82) is 0 Å². The molecular weight excluding hydrogens is 260 g/mol. The lowest BCUT2D eigenvalue weighted by Gasteiger charge is -2.23. The number of hydrogen-bond acceptors (Lipinski definition) is 5. The van der Waals surface area contributed by atoms with Crippen LogP contribution in [0.4, 0.5) is 0 Å². The van der Waals surface area contributed by atoms with E-state index in [2.05, 4.69) is 0 Å². The Morgan fingerprint density at radius 2 is 2.05 bits per heavy atom. The summed E-state index contributed by atoms with van der Waals surface area (Å²) < 4.78 is 15.9. The third-order valence-corrected chi connectivity index (χ3v) is 3.04. The molecule has 1 aromatic rings. The molecule has 1 amide bonds. The molecule has 0 saturated carbocycles. The highest BCUT2D eigenvalue weighted by Crippen LogP contribution is 2.31. The zero-order valence-electron chi connectivity index (χ0n) is 11.6. The van der Waals surface area contributed by atoms with E-state index in [1.807, 2.05) is 0 Å². The molecule has 0 saturated heterocycles. The topological polar surface area (TPSA) is 74.0 Å². The lowest BCUT2D eigenvalue weighted by Crippen LogP contribution is -2.37. The van der Waals surface area contributed by atoms with Crippen LogP contribution in [0.1, 0.15) is 10.4 Å². The van der Waals surface area contributed by atoms with Crippen molar-refractivity contribution in [3.8, 4) is 11.5 Å². The van der Waals surface area contributed by atoms with E-state index in [0.29, 0.717) is 56.5 Å². The number of amides is 1. The molecule has 0 unspecified atom stereocenters. The predicted octanol–water partition coefficient (Wildman–Crippen LogP) is 0.505. The standard InChI is InChI=1S/C14H20N2O4/c1-18-7-6-16(5-4-15)14(17)11-2-3-12-13(10-11)20-9-8-19-12/h2-3,10H,4-9,15H2,1H3. The van der Waals surface area contributed by atoms with Gasteiger partial charge in [0, 0.05) is 32.3 Å². The van der Waals surface area contributed by atoms with Crippen LogP contribution in [0.15, 0.2) is 18.2 Å². The Balaban J connectivity index is 2.13. The number of rotatable bonds is 6. The van der Waals surface area contributed by atoms with Crippen molar-refractivity contribution in [3.63, 3.8) is 0 Å². The van der Waals surface area contributed by atoms with Gasteiger partial charge in [0.15, 0.2) is 11.5 Å². The first-order valence-electron chi connectivity index (χ1n) is 6.64. The number of methoxy groups -OCH3 is 1. The molecule has 6 heteroatoms. The van der Waals surface area contributed by atoms with Crippen LogP contribution < -0.4 is 15.2 Å². The van der Waals surface area contributed by atoms with Gasteiger partial charge >= 0.3 is 0 Å². The number of fused-ring (bicyclic) bond motifs is 1. The zero-order chi connectivity index (χ0) is 14.4. The summed E-state index contributed by atoms with van der Waals surface area (Å²) in [4.78, 5) is 14.1. The average Bonchev–Trinajstić information content (AvgIpc) is 2.50. The van der Waals surface area contributed by atoms with Gasteiger partial charge in [0.25, 0.3) is 5.91 Å². The molecule has 1 aliphatic heterocycles. The normalized spacial score (nSPS) is 13.1. The van der Waals surface area contributed by atoms with Crippen LogP contribution in [0.2, 0.25) is 0 Å². The molecular formula is C14H20N2O4. The summed E-state index contributed by atoms with van der Waals surface area (Å²) in [6.45, 7) is 2.95. The van der Waals surface area contributed by atoms with Crippen LogP contribution >= 0.6 is 0 Å². The summed E-state index contributed by atoms with van der Waals surface area (Å²) in [5.41, 5.74) is 6.12. The minimum Gasteiger partial charge on any atom is -0.486 e. The van der Waals surface area contributed by atoms with Crippen molar-refractivity contribution in [3.05, 3.63) is 23.8 Å². The average molecular weight is 280 g/mol. The number of benzene rings is 1. The van der Waals surface area contributed by atoms with E-state index in [1.165, 1.54) is 0 Å². The molecule has 0 bridgehead atoms. The second-order valence-corrected chi connectivity index (χ2v) is 4.43. The summed E-state index contributed by atoms with van der Waals surface area (Å²) in [7, 11) is 1.61. The zero-order valence-corrected chi connectivity index (χ0v) is 11.6. The lowest BCUT2D eigenvalue weighted by molar-refractivity contribution is 0.0700. The van der Waals surface area contributed by atoms with Gasteiger partial charge in [-0.1, -0.05) is 0 Å². The first kappa shape index (κ1) is 14.6. The molecule has 1 heterocycles. The highest BCUT2D eigenvalue weighted by atomic mass is 16.6. The van der Waals surface area contributed by atoms with Gasteiger partial charge in [0.1, 0.15) is 13.2 Å². The van der Waals surface area contributed by atoms with Gasteiger partial charge in [-0.3, -0.25) is 4.79 Å². The van der Waals surface area contributed by atoms with Gasteiger partial charge in [-0.2, -0.15) is 0 Å². The second-order valence-electron chi connectivity index (χ2n) is 4.43. The van der Waals surface area contributed by atoms with E-state index < -0.39 is 0 Å². The fraction of sp³-hybridized carbons (Fsp3) is 0.500. The maximum Gasteiger partial charge on any atom is 0.254 e. The molecule has 0 fully saturated rings. The van der Waals surface area contributed by atoms with E-state index in [9.17, 15) is 4.79 Å². The van der Waals surface area contributed by atoms with E-state index in [1.54, 1.807) is 30.2 Å². The largest absolute Gasteiger partial charge is 0.486 e. The van der Waals surface area contributed by atoms with Gasteiger partial charge in [-0.25, -0.2) is 0 Å². The van der Waals surface area contributed by atoms with Crippen LogP contribution in [0.5, 0.6) is 11.5 Å². The molecule has 6 nitrogen and oxygen atoms in total. The first-order chi connectivity index (χ1) is 9.76. The molecule has 0 aliphatic carbocycles. The third-order valence-electron chi connectivity index (χ3n) is 3.04. The Morgan fingerprint density at radius 3 is 2.75 bits per heavy atom. The van der Waals surface area contributed by atoms with Crippen molar-refractivity contribution in [2.75, 3.05) is 46.6 Å². The smallest absolute Gasteiger partial charge is 0.254 e. The highest BCUT2D eigenvalue weighted by Gasteiger charge is 2.18. The van der Waals surface area contributed by atoms with Crippen LogP contribution in [0.3, 0.4) is 0 Å². The highest BCUT2D eigenvalue weighted by molar-refractivity contribution is 5.95. The molecule has 0 spiro atoms. The first-order valence-corrected chi connectivity index (χ1v) is 6.64. The van der Waals surface area contributed by atoms with Crippen molar-refractivity contribution in [2.45, 2.75) is 0 Å². The molecule has 20 heavy (non-hydrogen) atoms. The molecule has 0 atom stereocenters. The van der Waals surface area contributed by atoms with Gasteiger partial charge in [-0.05, 0) is 18.2 Å². The van der Waals surface area contributed by atoms with Crippen molar-refractivity contribution in [1.82, 2.24) is 4.90 Å². The molecule has 2 rings (SSSR count). The quantitative estimate of drug-likeness (QED) is 0.821. The number of carbonyl (C=O) groups excluding carboxylic acids is 1. The van der Waals surface area contributed by atoms with E-state index in [0.717, 1.165) is 0 Å². The lowest BCUT2D eigenvalue weighted by atomic mass is 10.1. The summed E-state index contributed by atoms with van der Waals surface area (Å²) in [6, 6.07) is 5.22. The number of hydrogen-bond donors (Lipinski definition) is 1. The monoisotopic (exact) mass is 280 g/mol. The minimum atomic E-state index is -0.0792. The van der Waals surface area contributed by atoms with Crippen LogP contribution in [-0.4, -0.2) is 57.4 Å². The number of nitrogens with zero attached hydrogens (tertiary/aromatic N) is 1. The van der Waals surface area contributed by atoms with Gasteiger partial charge in [0.2, 0.25) is 0 Å². The fourth-order valence-electron chi connectivity index (χ4n) is 2.03. The molecule has 110 valence electrons. The summed E-state index contributed by atoms with van der Waals surface area (Å²) in [5, 5.41) is 0.